The van der Waals surface area contributed by atoms with Gasteiger partial charge in [-0.25, -0.2) is 4.79 Å². The fraction of sp³-hybridized carbons (Fsp3) is 0.500. The summed E-state index contributed by atoms with van der Waals surface area (Å²) in [5, 5.41) is 7.57. The van der Waals surface area contributed by atoms with E-state index in [2.05, 4.69) is 20.5 Å². The van der Waals surface area contributed by atoms with Crippen molar-refractivity contribution < 1.29 is 22.8 Å². The minimum Gasteiger partial charge on any atom is -0.343 e. The van der Waals surface area contributed by atoms with Gasteiger partial charge in [0.1, 0.15) is 0 Å². The maximum Gasteiger partial charge on any atom is 0.492 e. The molecule has 0 spiro atoms. The highest BCUT2D eigenvalue weighted by Gasteiger charge is 2.41. The highest BCUT2D eigenvalue weighted by atomic mass is 35.5. The van der Waals surface area contributed by atoms with Crippen molar-refractivity contribution in [3.63, 3.8) is 0 Å². The highest BCUT2D eigenvalue weighted by Crippen LogP contribution is 2.23. The van der Waals surface area contributed by atoms with Crippen molar-refractivity contribution >= 4 is 23.4 Å². The second-order valence-electron chi connectivity index (χ2n) is 3.62. The third kappa shape index (κ3) is 3.94. The molecule has 0 bridgehead atoms. The van der Waals surface area contributed by atoms with E-state index >= 15 is 0 Å². The molecule has 1 aromatic rings. The number of hydrazine groups is 1. The molecule has 0 radical (unpaired) electrons. The molecule has 1 aromatic heterocycles. The van der Waals surface area contributed by atoms with Gasteiger partial charge in [-0.05, 0) is 18.4 Å². The summed E-state index contributed by atoms with van der Waals surface area (Å²) in [7, 11) is 0. The number of aromatic nitrogens is 2. The van der Waals surface area contributed by atoms with Crippen molar-refractivity contribution in [3.8, 4) is 0 Å². The van der Waals surface area contributed by atoms with Crippen molar-refractivity contribution in [2.24, 2.45) is 0 Å². The molecule has 0 saturated carbocycles. The molecule has 0 aliphatic carbocycles. The molecule has 0 aliphatic rings. The number of hydrogen-bond acceptors (Lipinski definition) is 6. The van der Waals surface area contributed by atoms with Gasteiger partial charge in [0, 0.05) is 5.56 Å². The van der Waals surface area contributed by atoms with Crippen LogP contribution >= 0.6 is 11.6 Å². The van der Waals surface area contributed by atoms with E-state index in [1.807, 2.05) is 13.8 Å². The summed E-state index contributed by atoms with van der Waals surface area (Å²) in [6.07, 6.45) is -3.98. The van der Waals surface area contributed by atoms with E-state index in [1.54, 1.807) is 5.59 Å². The van der Waals surface area contributed by atoms with Crippen LogP contribution in [0, 0.1) is 0 Å². The van der Waals surface area contributed by atoms with Crippen LogP contribution in [0.2, 0.25) is 5.15 Å². The predicted octanol–water partition coefficient (Wildman–Crippen LogP) is 2.19. The van der Waals surface area contributed by atoms with E-state index in [0.29, 0.717) is 18.4 Å². The molecular weight excluding hydrogens is 301 g/mol. The van der Waals surface area contributed by atoms with Crippen LogP contribution in [0.15, 0.2) is 0 Å². The number of hydrogen-bond donors (Lipinski definition) is 2. The Labute approximate surface area is 117 Å². The molecule has 6 nitrogen and oxygen atoms in total. The zero-order valence-electron chi connectivity index (χ0n) is 10.6. The summed E-state index contributed by atoms with van der Waals surface area (Å²) in [6, 6.07) is 0. The van der Waals surface area contributed by atoms with Crippen molar-refractivity contribution in [1.29, 1.82) is 0 Å². The molecule has 0 saturated heterocycles. The predicted molar refractivity (Wildman–Crippen MR) is 64.7 cm³/mol. The number of nitrogens with one attached hydrogen (secondary N) is 2. The Morgan fingerprint density at radius 3 is 2.35 bits per heavy atom. The van der Waals surface area contributed by atoms with Crippen molar-refractivity contribution in [2.75, 3.05) is 5.43 Å². The molecule has 0 amide bonds. The first-order chi connectivity index (χ1) is 9.31. The van der Waals surface area contributed by atoms with Gasteiger partial charge in [0.25, 0.3) is 0 Å². The summed E-state index contributed by atoms with van der Waals surface area (Å²) >= 11 is 5.87. The molecule has 112 valence electrons. The first kappa shape index (κ1) is 16.4. The van der Waals surface area contributed by atoms with Gasteiger partial charge in [0.05, 0.1) is 0 Å². The summed E-state index contributed by atoms with van der Waals surface area (Å²) in [5.41, 5.74) is 5.32. The Hall–Kier alpha value is -1.61. The number of anilines is 1. The normalized spacial score (nSPS) is 11.3. The Balaban J connectivity index is 2.76. The third-order valence-corrected chi connectivity index (χ3v) is 2.69. The number of carbonyl (C=O) groups excluding carboxylic acids is 1. The van der Waals surface area contributed by atoms with Crippen LogP contribution in [-0.2, 0) is 22.5 Å². The van der Waals surface area contributed by atoms with E-state index < -0.39 is 12.1 Å². The number of rotatable bonds is 5. The molecule has 0 unspecified atom stereocenters. The molecule has 2 N–H and O–H groups in total. The number of alkyl halides is 3. The largest absolute Gasteiger partial charge is 0.492 e. The molecule has 1 heterocycles. The van der Waals surface area contributed by atoms with Crippen LogP contribution in [0.25, 0.3) is 0 Å². The van der Waals surface area contributed by atoms with Gasteiger partial charge in [-0.1, -0.05) is 31.0 Å². The Kier molecular flexibility index (Phi) is 5.52. The maximum absolute atomic E-state index is 11.9. The first-order valence-corrected chi connectivity index (χ1v) is 6.01. The average molecular weight is 313 g/mol. The van der Waals surface area contributed by atoms with Crippen LogP contribution in [0.3, 0.4) is 0 Å². The van der Waals surface area contributed by atoms with Gasteiger partial charge in [0.2, 0.25) is 0 Å². The Morgan fingerprint density at radius 1 is 1.25 bits per heavy atom. The molecule has 0 fully saturated rings. The summed E-state index contributed by atoms with van der Waals surface area (Å²) in [5.74, 6) is -2.23. The fourth-order valence-electron chi connectivity index (χ4n) is 1.50. The van der Waals surface area contributed by atoms with E-state index in [-0.39, 0.29) is 11.0 Å². The lowest BCUT2D eigenvalue weighted by molar-refractivity contribution is -0.205. The number of carbonyl (C=O) groups is 1. The third-order valence-electron chi connectivity index (χ3n) is 2.39. The lowest BCUT2D eigenvalue weighted by Gasteiger charge is -2.14. The summed E-state index contributed by atoms with van der Waals surface area (Å²) in [6.45, 7) is 3.67. The minimum atomic E-state index is -5.08. The van der Waals surface area contributed by atoms with Crippen LogP contribution in [0.4, 0.5) is 19.0 Å². The van der Waals surface area contributed by atoms with Crippen molar-refractivity contribution in [3.05, 3.63) is 16.3 Å². The Morgan fingerprint density at radius 2 is 1.85 bits per heavy atom. The smallest absolute Gasteiger partial charge is 0.343 e. The summed E-state index contributed by atoms with van der Waals surface area (Å²) < 4.78 is 35.7. The SMILES string of the molecule is CCc1c(Cl)nnc(NNOC(=O)C(F)(F)F)c1CC. The molecule has 10 heteroatoms. The molecular formula is C10H12ClF3N4O2. The molecule has 0 aromatic carbocycles. The second kappa shape index (κ2) is 6.71. The zero-order valence-corrected chi connectivity index (χ0v) is 11.4. The summed E-state index contributed by atoms with van der Waals surface area (Å²) in [4.78, 5) is 14.3. The minimum absolute atomic E-state index is 0.142. The van der Waals surface area contributed by atoms with Gasteiger partial charge in [-0.3, -0.25) is 5.43 Å². The van der Waals surface area contributed by atoms with Crippen LogP contribution < -0.4 is 11.0 Å². The van der Waals surface area contributed by atoms with Crippen LogP contribution in [0.1, 0.15) is 25.0 Å². The van der Waals surface area contributed by atoms with Crippen LogP contribution in [0.5, 0.6) is 0 Å². The lowest BCUT2D eigenvalue weighted by atomic mass is 10.1. The number of nitrogens with zero attached hydrogens (tertiary/aromatic N) is 2. The molecule has 0 atom stereocenters. The number of halogens is 4. The van der Waals surface area contributed by atoms with Crippen LogP contribution in [-0.4, -0.2) is 22.3 Å². The fourth-order valence-corrected chi connectivity index (χ4v) is 1.79. The average Bonchev–Trinajstić information content (AvgIpc) is 2.38. The molecule has 1 rings (SSSR count). The molecule has 0 aliphatic heterocycles. The quantitative estimate of drug-likeness (QED) is 0.812. The van der Waals surface area contributed by atoms with Gasteiger partial charge in [-0.15, -0.1) is 10.2 Å². The zero-order chi connectivity index (χ0) is 15.3. The van der Waals surface area contributed by atoms with Gasteiger partial charge >= 0.3 is 12.1 Å². The van der Waals surface area contributed by atoms with E-state index in [4.69, 9.17) is 11.6 Å². The van der Waals surface area contributed by atoms with Gasteiger partial charge in [-0.2, -0.15) is 13.2 Å². The van der Waals surface area contributed by atoms with Gasteiger partial charge in [0.15, 0.2) is 11.0 Å². The second-order valence-corrected chi connectivity index (χ2v) is 3.98. The van der Waals surface area contributed by atoms with Crippen molar-refractivity contribution in [2.45, 2.75) is 32.9 Å². The van der Waals surface area contributed by atoms with Crippen molar-refractivity contribution in [1.82, 2.24) is 15.8 Å². The van der Waals surface area contributed by atoms with Gasteiger partial charge < -0.3 is 4.84 Å². The maximum atomic E-state index is 11.9. The monoisotopic (exact) mass is 312 g/mol. The standard InChI is InChI=1S/C10H12ClF3N4O2/c1-3-5-6(4-2)8(16-15-7(5)11)17-18-20-9(19)10(12,13)14/h18H,3-4H2,1-2H3,(H,16,17). The molecule has 20 heavy (non-hydrogen) atoms. The van der Waals surface area contributed by atoms with E-state index in [9.17, 15) is 18.0 Å². The lowest BCUT2D eigenvalue weighted by Crippen LogP contribution is -2.34. The van der Waals surface area contributed by atoms with E-state index in [1.165, 1.54) is 0 Å². The van der Waals surface area contributed by atoms with E-state index in [0.717, 1.165) is 5.56 Å². The topological polar surface area (TPSA) is 76.1 Å². The highest BCUT2D eigenvalue weighted by molar-refractivity contribution is 6.30. The first-order valence-electron chi connectivity index (χ1n) is 5.64. The Bertz CT molecular complexity index is 496.